The van der Waals surface area contributed by atoms with E-state index in [1.165, 1.54) is 0 Å². The van der Waals surface area contributed by atoms with Crippen molar-refractivity contribution in [3.8, 4) is 11.5 Å². The van der Waals surface area contributed by atoms with E-state index in [9.17, 15) is 4.79 Å². The zero-order valence-corrected chi connectivity index (χ0v) is 25.6. The highest BCUT2D eigenvalue weighted by Gasteiger charge is 2.35. The van der Waals surface area contributed by atoms with E-state index in [4.69, 9.17) is 9.47 Å². The van der Waals surface area contributed by atoms with E-state index in [1.807, 2.05) is 82.3 Å². The number of aryl methyl sites for hydroxylation is 1. The van der Waals surface area contributed by atoms with Gasteiger partial charge in [-0.1, -0.05) is 45.3 Å². The second-order valence-electron chi connectivity index (χ2n) is 9.39. The number of benzene rings is 3. The van der Waals surface area contributed by atoms with E-state index in [1.54, 1.807) is 4.68 Å². The number of amides is 1. The average Bonchev–Trinajstić information content (AvgIpc) is 3.39. The van der Waals surface area contributed by atoms with Gasteiger partial charge in [0.1, 0.15) is 12.6 Å². The first kappa shape index (κ1) is 27.9. The summed E-state index contributed by atoms with van der Waals surface area (Å²) in [6.07, 6.45) is 0. The van der Waals surface area contributed by atoms with Crippen molar-refractivity contribution in [2.75, 3.05) is 17.2 Å². The smallest absolute Gasteiger partial charge is 0.255 e. The van der Waals surface area contributed by atoms with Crippen molar-refractivity contribution < 1.29 is 14.3 Å². The summed E-state index contributed by atoms with van der Waals surface area (Å²) in [7, 11) is 0. The van der Waals surface area contributed by atoms with Crippen molar-refractivity contribution in [3.05, 3.63) is 97.1 Å². The minimum atomic E-state index is -0.618. The monoisotopic (exact) mass is 666 g/mol. The molecule has 206 valence electrons. The number of nitrogens with zero attached hydrogens (tertiary/aromatic N) is 4. The van der Waals surface area contributed by atoms with Gasteiger partial charge in [0.15, 0.2) is 11.5 Å². The van der Waals surface area contributed by atoms with Crippen LogP contribution in [0.1, 0.15) is 42.1 Å². The van der Waals surface area contributed by atoms with Crippen molar-refractivity contribution in [2.45, 2.75) is 40.3 Å². The largest absolute Gasteiger partial charge is 0.490 e. The van der Waals surface area contributed by atoms with E-state index in [-0.39, 0.29) is 5.91 Å². The fraction of sp³-hybridized carbons (Fsp3) is 0.241. The van der Waals surface area contributed by atoms with Crippen LogP contribution >= 0.6 is 31.9 Å². The first-order chi connectivity index (χ1) is 19.3. The molecule has 0 spiro atoms. The van der Waals surface area contributed by atoms with E-state index >= 15 is 0 Å². The lowest BCUT2D eigenvalue weighted by Crippen LogP contribution is -2.31. The summed E-state index contributed by atoms with van der Waals surface area (Å²) < 4.78 is 15.5. The highest BCUT2D eigenvalue weighted by molar-refractivity contribution is 9.10. The predicted octanol–water partition coefficient (Wildman–Crippen LogP) is 6.72. The Morgan fingerprint density at radius 1 is 1.07 bits per heavy atom. The number of aromatic nitrogens is 4. The number of nitrogens with one attached hydrogen (secondary N) is 2. The molecule has 0 saturated heterocycles. The number of rotatable bonds is 8. The Hall–Kier alpha value is -3.70. The molecule has 0 bridgehead atoms. The van der Waals surface area contributed by atoms with E-state index in [0.29, 0.717) is 46.4 Å². The van der Waals surface area contributed by atoms with E-state index in [2.05, 4.69) is 58.0 Å². The number of carbonyl (C=O) groups excluding carboxylic acids is 1. The van der Waals surface area contributed by atoms with Crippen molar-refractivity contribution >= 4 is 49.4 Å². The lowest BCUT2D eigenvalue weighted by atomic mass is 9.94. The Kier molecular flexibility index (Phi) is 8.22. The molecule has 2 N–H and O–H groups in total. The Morgan fingerprint density at radius 2 is 1.85 bits per heavy atom. The van der Waals surface area contributed by atoms with Gasteiger partial charge in [0.25, 0.3) is 5.91 Å². The fourth-order valence-electron chi connectivity index (χ4n) is 4.58. The fourth-order valence-corrected chi connectivity index (χ4v) is 5.41. The number of halogens is 2. The van der Waals surface area contributed by atoms with Crippen LogP contribution in [0.4, 0.5) is 11.6 Å². The van der Waals surface area contributed by atoms with Gasteiger partial charge in [0.05, 0.1) is 16.7 Å². The molecule has 0 fully saturated rings. The third-order valence-corrected chi connectivity index (χ3v) is 7.87. The summed E-state index contributed by atoms with van der Waals surface area (Å²) in [6, 6.07) is 16.9. The Morgan fingerprint density at radius 3 is 2.60 bits per heavy atom. The topological polar surface area (TPSA) is 103 Å². The minimum Gasteiger partial charge on any atom is -0.490 e. The van der Waals surface area contributed by atoms with E-state index < -0.39 is 6.04 Å². The summed E-state index contributed by atoms with van der Waals surface area (Å²) in [6.45, 7) is 8.55. The third-order valence-electron chi connectivity index (χ3n) is 6.76. The van der Waals surface area contributed by atoms with Crippen LogP contribution in [0.15, 0.2) is 74.8 Å². The molecule has 9 nitrogen and oxygen atoms in total. The molecule has 2 heterocycles. The molecule has 5 rings (SSSR count). The lowest BCUT2D eigenvalue weighted by Gasteiger charge is -2.29. The van der Waals surface area contributed by atoms with Crippen LogP contribution in [0.2, 0.25) is 0 Å². The molecular weight excluding hydrogens is 640 g/mol. The summed E-state index contributed by atoms with van der Waals surface area (Å²) >= 11 is 7.15. The maximum atomic E-state index is 13.8. The van der Waals surface area contributed by atoms with Crippen LogP contribution < -0.4 is 20.1 Å². The van der Waals surface area contributed by atoms with Crippen molar-refractivity contribution in [1.82, 2.24) is 20.2 Å². The van der Waals surface area contributed by atoms with Gasteiger partial charge in [0.2, 0.25) is 5.95 Å². The Balaban J connectivity index is 1.53. The molecule has 1 aliphatic rings. The normalized spacial score (nSPS) is 14.4. The molecule has 1 unspecified atom stereocenters. The number of allylic oxidation sites excluding steroid dienone is 1. The molecule has 4 aromatic rings. The molecule has 1 atom stereocenters. The first-order valence-electron chi connectivity index (χ1n) is 12.7. The number of anilines is 2. The van der Waals surface area contributed by atoms with Gasteiger partial charge in [0, 0.05) is 15.9 Å². The van der Waals surface area contributed by atoms with Crippen LogP contribution in [0.3, 0.4) is 0 Å². The van der Waals surface area contributed by atoms with Crippen molar-refractivity contribution in [3.63, 3.8) is 0 Å². The first-order valence-corrected chi connectivity index (χ1v) is 14.3. The zero-order valence-electron chi connectivity index (χ0n) is 22.5. The number of hydrogen-bond donors (Lipinski definition) is 2. The summed E-state index contributed by atoms with van der Waals surface area (Å²) in [5, 5.41) is 18.4. The maximum absolute atomic E-state index is 13.8. The Labute approximate surface area is 249 Å². The van der Waals surface area contributed by atoms with Crippen molar-refractivity contribution in [1.29, 1.82) is 0 Å². The maximum Gasteiger partial charge on any atom is 0.255 e. The lowest BCUT2D eigenvalue weighted by molar-refractivity contribution is -0.113. The van der Waals surface area contributed by atoms with Gasteiger partial charge in [-0.3, -0.25) is 4.79 Å². The molecule has 1 aromatic heterocycles. The van der Waals surface area contributed by atoms with Gasteiger partial charge >= 0.3 is 0 Å². The van der Waals surface area contributed by atoms with Crippen LogP contribution in [0.25, 0.3) is 0 Å². The number of fused-ring (bicyclic) bond motifs is 1. The second kappa shape index (κ2) is 11.8. The van der Waals surface area contributed by atoms with Crippen LogP contribution in [-0.2, 0) is 11.4 Å². The number of tetrazole rings is 1. The van der Waals surface area contributed by atoms with Crippen LogP contribution in [-0.4, -0.2) is 32.7 Å². The second-order valence-corrected chi connectivity index (χ2v) is 11.2. The molecule has 0 radical (unpaired) electrons. The highest BCUT2D eigenvalue weighted by Crippen LogP contribution is 2.43. The number of carbonyl (C=O) groups is 1. The van der Waals surface area contributed by atoms with Gasteiger partial charge in [-0.05, 0) is 107 Å². The number of hydrogen-bond acceptors (Lipinski definition) is 7. The molecule has 3 aromatic carbocycles. The van der Waals surface area contributed by atoms with Crippen molar-refractivity contribution in [2.24, 2.45) is 0 Å². The predicted molar refractivity (Wildman–Crippen MR) is 161 cm³/mol. The van der Waals surface area contributed by atoms with Gasteiger partial charge in [-0.2, -0.15) is 4.68 Å². The van der Waals surface area contributed by atoms with E-state index in [0.717, 1.165) is 32.4 Å². The molecule has 11 heteroatoms. The summed E-state index contributed by atoms with van der Waals surface area (Å²) in [5.41, 5.74) is 5.76. The SMILES string of the molecule is CCOc1cc(C2C(C(=O)Nc3cccc(C)c3C)=C(C)Nc3nnnn32)cc(Br)c1OCc1ccc(Br)cc1. The minimum absolute atomic E-state index is 0.255. The highest BCUT2D eigenvalue weighted by atomic mass is 79.9. The molecule has 1 aliphatic heterocycles. The average molecular weight is 668 g/mol. The molecular formula is C29H28Br2N6O3. The van der Waals surface area contributed by atoms with Crippen LogP contribution in [0.5, 0.6) is 11.5 Å². The van der Waals surface area contributed by atoms with Gasteiger partial charge < -0.3 is 20.1 Å². The molecule has 40 heavy (non-hydrogen) atoms. The quantitative estimate of drug-likeness (QED) is 0.215. The molecule has 1 amide bonds. The van der Waals surface area contributed by atoms with Gasteiger partial charge in [-0.25, -0.2) is 0 Å². The van der Waals surface area contributed by atoms with Gasteiger partial charge in [-0.15, -0.1) is 0 Å². The standard InChI is InChI=1S/C29H28Br2N6O3/c1-5-39-24-14-20(13-22(31)27(24)40-15-19-9-11-21(30)12-10-19)26-25(18(4)32-29-34-35-36-37(26)29)28(38)33-23-8-6-7-16(2)17(23)3/h6-14,26H,5,15H2,1-4H3,(H,33,38)(H,32,34,36). The number of ether oxygens (including phenoxy) is 2. The Bertz CT molecular complexity index is 1600. The third kappa shape index (κ3) is 5.62. The molecule has 0 saturated carbocycles. The summed E-state index contributed by atoms with van der Waals surface area (Å²) in [5.74, 6) is 1.30. The molecule has 0 aliphatic carbocycles. The summed E-state index contributed by atoms with van der Waals surface area (Å²) in [4.78, 5) is 13.8. The van der Waals surface area contributed by atoms with Crippen LogP contribution in [0, 0.1) is 13.8 Å². The zero-order chi connectivity index (χ0) is 28.4.